The molecule has 2 unspecified atom stereocenters. The lowest BCUT2D eigenvalue weighted by Crippen LogP contribution is -2.37. The topological polar surface area (TPSA) is 87.3 Å². The SMILES string of the molecule is O=C(NC1C2CN(C(=O)OCc3cc(Cl)cc(Cl)c3)CC21)c1ccc2nc[nH]c2c1. The molecule has 2 aromatic carbocycles. The Bertz CT molecular complexity index is 1120. The second-order valence-corrected chi connectivity index (χ2v) is 8.57. The highest BCUT2D eigenvalue weighted by Gasteiger charge is 2.57. The van der Waals surface area contributed by atoms with E-state index in [1.807, 2.05) is 6.07 Å². The summed E-state index contributed by atoms with van der Waals surface area (Å²) in [6.45, 7) is 1.26. The van der Waals surface area contributed by atoms with Gasteiger partial charge in [0, 0.05) is 46.6 Å². The number of aromatic nitrogens is 2. The molecule has 2 N–H and O–H groups in total. The van der Waals surface area contributed by atoms with Gasteiger partial charge in [0.15, 0.2) is 0 Å². The Balaban J connectivity index is 1.12. The molecule has 2 heterocycles. The molecule has 0 bridgehead atoms. The van der Waals surface area contributed by atoms with Gasteiger partial charge in [-0.1, -0.05) is 23.2 Å². The third kappa shape index (κ3) is 3.70. The van der Waals surface area contributed by atoms with Crippen LogP contribution in [0.4, 0.5) is 4.79 Å². The summed E-state index contributed by atoms with van der Waals surface area (Å²) in [6.07, 6.45) is 1.24. The predicted molar refractivity (Wildman–Crippen MR) is 113 cm³/mol. The van der Waals surface area contributed by atoms with Gasteiger partial charge in [-0.05, 0) is 42.0 Å². The number of halogens is 2. The van der Waals surface area contributed by atoms with Crippen LogP contribution in [0.5, 0.6) is 0 Å². The zero-order valence-electron chi connectivity index (χ0n) is 15.8. The van der Waals surface area contributed by atoms with E-state index < -0.39 is 0 Å². The number of fused-ring (bicyclic) bond motifs is 2. The molecular formula is C21H18Cl2N4O3. The summed E-state index contributed by atoms with van der Waals surface area (Å²) in [5.41, 5.74) is 2.98. The number of nitrogens with zero attached hydrogens (tertiary/aromatic N) is 2. The average Bonchev–Trinajstić information content (AvgIpc) is 3.09. The predicted octanol–water partition coefficient (Wildman–Crippen LogP) is 3.87. The summed E-state index contributed by atoms with van der Waals surface area (Å²) in [5.74, 6) is 0.411. The van der Waals surface area contributed by atoms with Crippen molar-refractivity contribution < 1.29 is 14.3 Å². The van der Waals surface area contributed by atoms with Crippen molar-refractivity contribution >= 4 is 46.2 Å². The number of carbonyl (C=O) groups is 2. The quantitative estimate of drug-likeness (QED) is 0.639. The Morgan fingerprint density at radius 1 is 1.13 bits per heavy atom. The molecule has 7 nitrogen and oxygen atoms in total. The third-order valence-corrected chi connectivity index (χ3v) is 6.15. The maximum Gasteiger partial charge on any atom is 0.410 e. The molecule has 2 fully saturated rings. The number of hydrogen-bond donors (Lipinski definition) is 2. The van der Waals surface area contributed by atoms with Crippen LogP contribution in [0.2, 0.25) is 10.0 Å². The number of rotatable bonds is 4. The van der Waals surface area contributed by atoms with Crippen molar-refractivity contribution in [3.63, 3.8) is 0 Å². The second kappa shape index (κ2) is 7.49. The molecule has 2 amide bonds. The van der Waals surface area contributed by atoms with Crippen molar-refractivity contribution in [2.24, 2.45) is 11.8 Å². The Kier molecular flexibility index (Phi) is 4.79. The Morgan fingerprint density at radius 2 is 1.87 bits per heavy atom. The number of amides is 2. The molecule has 0 radical (unpaired) electrons. The van der Waals surface area contributed by atoms with Crippen molar-refractivity contribution in [2.45, 2.75) is 12.6 Å². The van der Waals surface area contributed by atoms with Gasteiger partial charge in [-0.2, -0.15) is 0 Å². The normalized spacial score (nSPS) is 22.1. The van der Waals surface area contributed by atoms with Crippen LogP contribution in [-0.4, -0.2) is 46.0 Å². The van der Waals surface area contributed by atoms with E-state index >= 15 is 0 Å². The van der Waals surface area contributed by atoms with Crippen LogP contribution < -0.4 is 5.32 Å². The van der Waals surface area contributed by atoms with Crippen molar-refractivity contribution in [2.75, 3.05) is 13.1 Å². The number of carbonyl (C=O) groups excluding carboxylic acids is 2. The highest BCUT2D eigenvalue weighted by molar-refractivity contribution is 6.34. The van der Waals surface area contributed by atoms with Gasteiger partial charge in [-0.15, -0.1) is 0 Å². The Labute approximate surface area is 182 Å². The molecule has 2 atom stereocenters. The lowest BCUT2D eigenvalue weighted by atomic mass is 10.2. The maximum absolute atomic E-state index is 12.5. The number of hydrogen-bond acceptors (Lipinski definition) is 4. The van der Waals surface area contributed by atoms with Crippen LogP contribution in [0, 0.1) is 11.8 Å². The molecule has 154 valence electrons. The molecule has 1 aliphatic carbocycles. The van der Waals surface area contributed by atoms with E-state index in [4.69, 9.17) is 27.9 Å². The first kappa shape index (κ1) is 19.2. The molecule has 2 aliphatic rings. The molecule has 5 rings (SSSR count). The number of H-pyrrole nitrogens is 1. The van der Waals surface area contributed by atoms with E-state index in [0.717, 1.165) is 16.6 Å². The van der Waals surface area contributed by atoms with Crippen LogP contribution in [0.1, 0.15) is 15.9 Å². The lowest BCUT2D eigenvalue weighted by Gasteiger charge is -2.20. The standard InChI is InChI=1S/C21H18Cl2N4O3/c22-13-3-11(4-14(23)6-13)9-30-21(29)27-7-15-16(8-27)19(15)26-20(28)12-1-2-17-18(5-12)25-10-24-17/h1-6,10,15-16,19H,7-9H2,(H,24,25)(H,26,28). The molecule has 1 saturated carbocycles. The van der Waals surface area contributed by atoms with Gasteiger partial charge in [-0.3, -0.25) is 4.79 Å². The van der Waals surface area contributed by atoms with E-state index in [1.165, 1.54) is 0 Å². The van der Waals surface area contributed by atoms with Crippen molar-refractivity contribution in [1.82, 2.24) is 20.2 Å². The van der Waals surface area contributed by atoms with Gasteiger partial charge in [0.25, 0.3) is 5.91 Å². The van der Waals surface area contributed by atoms with Gasteiger partial charge in [-0.25, -0.2) is 9.78 Å². The number of imidazole rings is 1. The van der Waals surface area contributed by atoms with Gasteiger partial charge < -0.3 is 19.9 Å². The first-order valence-electron chi connectivity index (χ1n) is 9.58. The number of nitrogens with one attached hydrogen (secondary N) is 2. The van der Waals surface area contributed by atoms with E-state index in [9.17, 15) is 9.59 Å². The van der Waals surface area contributed by atoms with Crippen LogP contribution in [-0.2, 0) is 11.3 Å². The summed E-state index contributed by atoms with van der Waals surface area (Å²) < 4.78 is 5.38. The number of aromatic amines is 1. The first-order valence-corrected chi connectivity index (χ1v) is 10.3. The summed E-state index contributed by atoms with van der Waals surface area (Å²) >= 11 is 11.9. The molecule has 1 saturated heterocycles. The minimum absolute atomic E-state index is 0.0887. The van der Waals surface area contributed by atoms with E-state index in [0.29, 0.717) is 28.7 Å². The highest BCUT2D eigenvalue weighted by atomic mass is 35.5. The number of likely N-dealkylation sites (tertiary alicyclic amines) is 1. The molecule has 30 heavy (non-hydrogen) atoms. The fourth-order valence-electron chi connectivity index (χ4n) is 4.13. The van der Waals surface area contributed by atoms with Gasteiger partial charge >= 0.3 is 6.09 Å². The molecule has 1 aliphatic heterocycles. The monoisotopic (exact) mass is 444 g/mol. The minimum atomic E-state index is -0.368. The van der Waals surface area contributed by atoms with Crippen molar-refractivity contribution in [1.29, 1.82) is 0 Å². The third-order valence-electron chi connectivity index (χ3n) is 5.72. The summed E-state index contributed by atoms with van der Waals surface area (Å²) in [4.78, 5) is 33.7. The van der Waals surface area contributed by atoms with Crippen LogP contribution in [0.25, 0.3) is 11.0 Å². The van der Waals surface area contributed by atoms with Crippen LogP contribution in [0.3, 0.4) is 0 Å². The van der Waals surface area contributed by atoms with E-state index in [2.05, 4.69) is 15.3 Å². The zero-order valence-corrected chi connectivity index (χ0v) is 17.3. The number of piperidine rings is 1. The summed E-state index contributed by atoms with van der Waals surface area (Å²) in [6, 6.07) is 10.5. The smallest absolute Gasteiger partial charge is 0.410 e. The molecule has 9 heteroatoms. The van der Waals surface area contributed by atoms with E-state index in [1.54, 1.807) is 41.6 Å². The van der Waals surface area contributed by atoms with Crippen LogP contribution >= 0.6 is 23.2 Å². The van der Waals surface area contributed by atoms with Gasteiger partial charge in [0.1, 0.15) is 6.61 Å². The van der Waals surface area contributed by atoms with Gasteiger partial charge in [0.2, 0.25) is 0 Å². The van der Waals surface area contributed by atoms with Crippen molar-refractivity contribution in [3.05, 3.63) is 63.9 Å². The van der Waals surface area contributed by atoms with E-state index in [-0.39, 0.29) is 36.5 Å². The fraction of sp³-hybridized carbons (Fsp3) is 0.286. The first-order chi connectivity index (χ1) is 14.5. The van der Waals surface area contributed by atoms with Crippen LogP contribution in [0.15, 0.2) is 42.7 Å². The largest absolute Gasteiger partial charge is 0.445 e. The van der Waals surface area contributed by atoms with Gasteiger partial charge in [0.05, 0.1) is 17.4 Å². The molecule has 0 spiro atoms. The zero-order chi connectivity index (χ0) is 20.8. The average molecular weight is 445 g/mol. The second-order valence-electron chi connectivity index (χ2n) is 7.70. The minimum Gasteiger partial charge on any atom is -0.445 e. The maximum atomic E-state index is 12.5. The summed E-state index contributed by atoms with van der Waals surface area (Å²) in [5, 5.41) is 4.08. The Hall–Kier alpha value is -2.77. The Morgan fingerprint density at radius 3 is 2.60 bits per heavy atom. The summed E-state index contributed by atoms with van der Waals surface area (Å²) in [7, 11) is 0. The molecular weight excluding hydrogens is 427 g/mol. The highest BCUT2D eigenvalue weighted by Crippen LogP contribution is 2.45. The molecule has 3 aromatic rings. The number of benzene rings is 2. The lowest BCUT2D eigenvalue weighted by molar-refractivity contribution is 0.0926. The van der Waals surface area contributed by atoms with Crippen molar-refractivity contribution in [3.8, 4) is 0 Å². The fourth-order valence-corrected chi connectivity index (χ4v) is 4.70. The number of ether oxygens (including phenoxy) is 1. The molecule has 1 aromatic heterocycles.